The zero-order chi connectivity index (χ0) is 16.4. The van der Waals surface area contributed by atoms with Crippen LogP contribution in [0.25, 0.3) is 0 Å². The third-order valence-corrected chi connectivity index (χ3v) is 5.63. The molecular weight excluding hydrogens is 301 g/mol. The highest BCUT2D eigenvalue weighted by Gasteiger charge is 2.35. The summed E-state index contributed by atoms with van der Waals surface area (Å²) in [4.78, 5) is 0. The zero-order valence-electron chi connectivity index (χ0n) is 13.2. The van der Waals surface area contributed by atoms with Gasteiger partial charge in [0.05, 0.1) is 0 Å². The smallest absolute Gasteiger partial charge is 0.387 e. The van der Waals surface area contributed by atoms with Crippen LogP contribution in [-0.4, -0.2) is 6.61 Å². The minimum absolute atomic E-state index is 0.326. The number of allylic oxidation sites excluding steroid dienone is 1. The SMILES string of the molecule is C=CC1CCC2CC(c3ccc(OC(F)F)c(F)c3)CCC2C1. The third-order valence-electron chi connectivity index (χ3n) is 5.63. The topological polar surface area (TPSA) is 9.23 Å². The number of rotatable bonds is 4. The van der Waals surface area contributed by atoms with Crippen LogP contribution in [0.4, 0.5) is 13.2 Å². The maximum atomic E-state index is 13.9. The molecule has 4 unspecified atom stereocenters. The fourth-order valence-electron chi connectivity index (χ4n) is 4.40. The lowest BCUT2D eigenvalue weighted by Crippen LogP contribution is -2.30. The highest BCUT2D eigenvalue weighted by atomic mass is 19.3. The molecular formula is C19H23F3O. The molecule has 4 heteroatoms. The number of hydrogen-bond acceptors (Lipinski definition) is 1. The molecule has 126 valence electrons. The van der Waals surface area contributed by atoms with Crippen LogP contribution in [0.3, 0.4) is 0 Å². The van der Waals surface area contributed by atoms with Crippen molar-refractivity contribution in [2.75, 3.05) is 0 Å². The second kappa shape index (κ2) is 6.98. The van der Waals surface area contributed by atoms with Crippen LogP contribution in [0.2, 0.25) is 0 Å². The summed E-state index contributed by atoms with van der Waals surface area (Å²) in [6.07, 6.45) is 9.01. The van der Waals surface area contributed by atoms with E-state index in [0.717, 1.165) is 30.7 Å². The molecule has 23 heavy (non-hydrogen) atoms. The molecule has 2 saturated carbocycles. The molecule has 1 aromatic rings. The standard InChI is InChI=1S/C19H23F3O/c1-2-12-3-4-14-10-15(6-5-13(14)9-12)16-7-8-18(17(20)11-16)23-19(21)22/h2,7-8,11-15,19H,1,3-6,9-10H2. The van der Waals surface area contributed by atoms with E-state index in [1.54, 1.807) is 6.07 Å². The van der Waals surface area contributed by atoms with Gasteiger partial charge in [0, 0.05) is 0 Å². The Balaban J connectivity index is 1.67. The molecule has 2 fully saturated rings. The minimum atomic E-state index is -2.99. The van der Waals surface area contributed by atoms with Crippen molar-refractivity contribution in [3.8, 4) is 5.75 Å². The predicted octanol–water partition coefficient (Wildman–Crippen LogP) is 5.91. The van der Waals surface area contributed by atoms with Gasteiger partial charge in [-0.15, -0.1) is 6.58 Å². The molecule has 0 saturated heterocycles. The van der Waals surface area contributed by atoms with Crippen LogP contribution in [0.15, 0.2) is 30.9 Å². The van der Waals surface area contributed by atoms with Crippen molar-refractivity contribution in [1.29, 1.82) is 0 Å². The number of benzene rings is 1. The molecule has 0 aromatic heterocycles. The van der Waals surface area contributed by atoms with Crippen molar-refractivity contribution in [2.24, 2.45) is 17.8 Å². The highest BCUT2D eigenvalue weighted by Crippen LogP contribution is 2.48. The molecule has 2 aliphatic rings. The van der Waals surface area contributed by atoms with Crippen molar-refractivity contribution in [3.05, 3.63) is 42.2 Å². The van der Waals surface area contributed by atoms with Crippen molar-refractivity contribution in [2.45, 2.75) is 51.1 Å². The Morgan fingerprint density at radius 2 is 1.83 bits per heavy atom. The van der Waals surface area contributed by atoms with Crippen LogP contribution in [-0.2, 0) is 0 Å². The monoisotopic (exact) mass is 324 g/mol. The lowest BCUT2D eigenvalue weighted by Gasteiger charge is -2.41. The Hall–Kier alpha value is -1.45. The second-order valence-corrected chi connectivity index (χ2v) is 6.91. The summed E-state index contributed by atoms with van der Waals surface area (Å²) in [5, 5.41) is 0. The number of hydrogen-bond donors (Lipinski definition) is 0. The molecule has 0 radical (unpaired) electrons. The highest BCUT2D eigenvalue weighted by molar-refractivity contribution is 5.31. The Morgan fingerprint density at radius 1 is 1.09 bits per heavy atom. The van der Waals surface area contributed by atoms with Gasteiger partial charge >= 0.3 is 6.61 Å². The van der Waals surface area contributed by atoms with E-state index in [0.29, 0.717) is 17.8 Å². The summed E-state index contributed by atoms with van der Waals surface area (Å²) >= 11 is 0. The Morgan fingerprint density at radius 3 is 2.52 bits per heavy atom. The summed E-state index contributed by atoms with van der Waals surface area (Å²) in [5.41, 5.74) is 0.911. The van der Waals surface area contributed by atoms with Gasteiger partial charge in [0.2, 0.25) is 0 Å². The number of halogens is 3. The maximum Gasteiger partial charge on any atom is 0.387 e. The van der Waals surface area contributed by atoms with Gasteiger partial charge in [0.15, 0.2) is 11.6 Å². The van der Waals surface area contributed by atoms with Gasteiger partial charge in [0.1, 0.15) is 0 Å². The van der Waals surface area contributed by atoms with Crippen molar-refractivity contribution < 1.29 is 17.9 Å². The Labute approximate surface area is 135 Å². The van der Waals surface area contributed by atoms with Gasteiger partial charge in [-0.25, -0.2) is 4.39 Å². The average molecular weight is 324 g/mol. The first-order valence-corrected chi connectivity index (χ1v) is 8.43. The molecule has 4 atom stereocenters. The van der Waals surface area contributed by atoms with Crippen LogP contribution >= 0.6 is 0 Å². The largest absolute Gasteiger partial charge is 0.432 e. The molecule has 3 rings (SSSR count). The summed E-state index contributed by atoms with van der Waals surface area (Å²) in [6, 6.07) is 4.44. The molecule has 0 amide bonds. The summed E-state index contributed by atoms with van der Waals surface area (Å²) in [6.45, 7) is 0.921. The first-order chi connectivity index (χ1) is 11.1. The fourth-order valence-corrected chi connectivity index (χ4v) is 4.40. The van der Waals surface area contributed by atoms with E-state index in [-0.39, 0.29) is 5.75 Å². The molecule has 1 nitrogen and oxygen atoms in total. The van der Waals surface area contributed by atoms with E-state index in [1.807, 2.05) is 0 Å². The quantitative estimate of drug-likeness (QED) is 0.625. The fraction of sp³-hybridized carbons (Fsp3) is 0.579. The maximum absolute atomic E-state index is 13.9. The molecule has 0 bridgehead atoms. The summed E-state index contributed by atoms with van der Waals surface area (Å²) in [5.74, 6) is 1.37. The first-order valence-electron chi connectivity index (χ1n) is 8.43. The third kappa shape index (κ3) is 3.73. The summed E-state index contributed by atoms with van der Waals surface area (Å²) < 4.78 is 42.5. The van der Waals surface area contributed by atoms with Gasteiger partial charge in [0.25, 0.3) is 0 Å². The molecule has 0 aliphatic heterocycles. The summed E-state index contributed by atoms with van der Waals surface area (Å²) in [7, 11) is 0. The van der Waals surface area contributed by atoms with Crippen molar-refractivity contribution in [3.63, 3.8) is 0 Å². The molecule has 0 heterocycles. The average Bonchev–Trinajstić information content (AvgIpc) is 2.55. The molecule has 1 aromatic carbocycles. The number of ether oxygens (including phenoxy) is 1. The van der Waals surface area contributed by atoms with E-state index in [9.17, 15) is 13.2 Å². The number of alkyl halides is 2. The van der Waals surface area contributed by atoms with Crippen LogP contribution < -0.4 is 4.74 Å². The van der Waals surface area contributed by atoms with Crippen LogP contribution in [0.1, 0.15) is 50.0 Å². The minimum Gasteiger partial charge on any atom is -0.432 e. The Bertz CT molecular complexity index is 558. The van der Waals surface area contributed by atoms with Crippen LogP contribution in [0.5, 0.6) is 5.75 Å². The van der Waals surface area contributed by atoms with Crippen molar-refractivity contribution >= 4 is 0 Å². The number of fused-ring (bicyclic) bond motifs is 1. The molecule has 0 spiro atoms. The Kier molecular flexibility index (Phi) is 4.98. The van der Waals surface area contributed by atoms with Gasteiger partial charge < -0.3 is 4.74 Å². The van der Waals surface area contributed by atoms with Gasteiger partial charge in [-0.05, 0) is 79.9 Å². The molecule has 0 N–H and O–H groups in total. The van der Waals surface area contributed by atoms with E-state index in [4.69, 9.17) is 0 Å². The zero-order valence-corrected chi connectivity index (χ0v) is 13.2. The lowest BCUT2D eigenvalue weighted by molar-refractivity contribution is -0.0522. The predicted molar refractivity (Wildman–Crippen MR) is 84.1 cm³/mol. The van der Waals surface area contributed by atoms with Gasteiger partial charge in [-0.3, -0.25) is 0 Å². The van der Waals surface area contributed by atoms with Crippen molar-refractivity contribution in [1.82, 2.24) is 0 Å². The first kappa shape index (κ1) is 16.4. The normalized spacial score (nSPS) is 30.8. The van der Waals surface area contributed by atoms with E-state index in [1.165, 1.54) is 31.4 Å². The van der Waals surface area contributed by atoms with E-state index in [2.05, 4.69) is 17.4 Å². The van der Waals surface area contributed by atoms with Crippen LogP contribution in [0, 0.1) is 23.6 Å². The van der Waals surface area contributed by atoms with E-state index >= 15 is 0 Å². The lowest BCUT2D eigenvalue weighted by atomic mass is 9.64. The second-order valence-electron chi connectivity index (χ2n) is 6.91. The van der Waals surface area contributed by atoms with Gasteiger partial charge in [-0.2, -0.15) is 8.78 Å². The van der Waals surface area contributed by atoms with E-state index < -0.39 is 12.4 Å². The van der Waals surface area contributed by atoms with Gasteiger partial charge in [-0.1, -0.05) is 12.1 Å². The molecule has 2 aliphatic carbocycles.